The molecule has 19 heavy (non-hydrogen) atoms. The largest absolute Gasteiger partial charge is 0.466 e. The van der Waals surface area contributed by atoms with Gasteiger partial charge in [-0.3, -0.25) is 4.79 Å². The zero-order chi connectivity index (χ0) is 13.7. The Bertz CT molecular complexity index is 496. The van der Waals surface area contributed by atoms with Crippen molar-refractivity contribution in [2.45, 2.75) is 19.8 Å². The number of piperidine rings is 1. The monoisotopic (exact) mass is 259 g/mol. The maximum Gasteiger partial charge on any atom is 0.310 e. The normalized spacial score (nSPS) is 18.7. The van der Waals surface area contributed by atoms with E-state index in [2.05, 4.69) is 16.0 Å². The zero-order valence-electron chi connectivity index (χ0n) is 11.0. The van der Waals surface area contributed by atoms with Gasteiger partial charge in [-0.2, -0.15) is 5.26 Å². The first-order valence-corrected chi connectivity index (χ1v) is 6.53. The smallest absolute Gasteiger partial charge is 0.310 e. The molecule has 1 aliphatic rings. The summed E-state index contributed by atoms with van der Waals surface area (Å²) in [6.07, 6.45) is 3.37. The summed E-state index contributed by atoms with van der Waals surface area (Å²) >= 11 is 0. The van der Waals surface area contributed by atoms with Crippen molar-refractivity contribution in [2.24, 2.45) is 5.92 Å². The van der Waals surface area contributed by atoms with Gasteiger partial charge in [-0.05, 0) is 31.9 Å². The minimum atomic E-state index is -0.144. The molecule has 1 unspecified atom stereocenters. The number of aromatic nitrogens is 1. The molecule has 1 atom stereocenters. The number of carbonyl (C=O) groups is 1. The lowest BCUT2D eigenvalue weighted by Crippen LogP contribution is -2.39. The fourth-order valence-corrected chi connectivity index (χ4v) is 2.39. The molecule has 100 valence electrons. The van der Waals surface area contributed by atoms with Gasteiger partial charge < -0.3 is 9.64 Å². The van der Waals surface area contributed by atoms with E-state index in [-0.39, 0.29) is 11.9 Å². The third-order valence-electron chi connectivity index (χ3n) is 3.27. The molecule has 5 nitrogen and oxygen atoms in total. The van der Waals surface area contributed by atoms with E-state index in [1.807, 2.05) is 19.1 Å². The standard InChI is InChI=1S/C14H17N3O2/c1-2-19-14(18)11-5-4-8-17(10-11)13-6-3-7-16-12(13)9-15/h3,6-7,11H,2,4-5,8,10H2,1H3. The number of hydrogen-bond acceptors (Lipinski definition) is 5. The van der Waals surface area contributed by atoms with Crippen molar-refractivity contribution >= 4 is 11.7 Å². The minimum Gasteiger partial charge on any atom is -0.466 e. The molecule has 1 aliphatic heterocycles. The quantitative estimate of drug-likeness (QED) is 0.773. The maximum absolute atomic E-state index is 11.8. The highest BCUT2D eigenvalue weighted by molar-refractivity contribution is 5.74. The highest BCUT2D eigenvalue weighted by Gasteiger charge is 2.28. The first kappa shape index (κ1) is 13.3. The molecule has 1 fully saturated rings. The van der Waals surface area contributed by atoms with Crippen LogP contribution in [0.2, 0.25) is 0 Å². The Morgan fingerprint density at radius 3 is 3.26 bits per heavy atom. The van der Waals surface area contributed by atoms with Gasteiger partial charge in [0.25, 0.3) is 0 Å². The molecule has 0 N–H and O–H groups in total. The number of pyridine rings is 1. The lowest BCUT2D eigenvalue weighted by molar-refractivity contribution is -0.148. The van der Waals surface area contributed by atoms with Crippen LogP contribution in [0.25, 0.3) is 0 Å². The van der Waals surface area contributed by atoms with E-state index in [0.29, 0.717) is 18.8 Å². The minimum absolute atomic E-state index is 0.111. The van der Waals surface area contributed by atoms with E-state index in [1.165, 1.54) is 0 Å². The summed E-state index contributed by atoms with van der Waals surface area (Å²) in [6.45, 7) is 3.66. The molecule has 5 heteroatoms. The SMILES string of the molecule is CCOC(=O)C1CCCN(c2cccnc2C#N)C1. The van der Waals surface area contributed by atoms with Crippen LogP contribution < -0.4 is 4.90 Å². The predicted molar refractivity (Wildman–Crippen MR) is 70.5 cm³/mol. The molecule has 1 saturated heterocycles. The van der Waals surface area contributed by atoms with E-state index in [4.69, 9.17) is 10.00 Å². The van der Waals surface area contributed by atoms with Gasteiger partial charge in [0.15, 0.2) is 5.69 Å². The van der Waals surface area contributed by atoms with Crippen LogP contribution in [0.3, 0.4) is 0 Å². The van der Waals surface area contributed by atoms with Gasteiger partial charge in [0, 0.05) is 19.3 Å². The molecule has 0 aromatic carbocycles. The van der Waals surface area contributed by atoms with E-state index < -0.39 is 0 Å². The molecule has 2 heterocycles. The number of rotatable bonds is 3. The molecule has 0 amide bonds. The molecule has 0 spiro atoms. The van der Waals surface area contributed by atoms with Crippen LogP contribution in [-0.4, -0.2) is 30.6 Å². The van der Waals surface area contributed by atoms with Gasteiger partial charge in [-0.1, -0.05) is 0 Å². The Balaban J connectivity index is 2.13. The van der Waals surface area contributed by atoms with Crippen molar-refractivity contribution in [3.05, 3.63) is 24.0 Å². The molecule has 0 saturated carbocycles. The average Bonchev–Trinajstić information content (AvgIpc) is 2.47. The summed E-state index contributed by atoms with van der Waals surface area (Å²) in [6, 6.07) is 5.78. The summed E-state index contributed by atoms with van der Waals surface area (Å²) in [5.41, 5.74) is 1.21. The van der Waals surface area contributed by atoms with Crippen molar-refractivity contribution in [1.29, 1.82) is 5.26 Å². The number of anilines is 1. The molecular weight excluding hydrogens is 242 g/mol. The Kier molecular flexibility index (Phi) is 4.35. The molecule has 1 aromatic heterocycles. The second kappa shape index (κ2) is 6.19. The summed E-state index contributed by atoms with van der Waals surface area (Å²) in [5, 5.41) is 9.08. The summed E-state index contributed by atoms with van der Waals surface area (Å²) in [4.78, 5) is 17.9. The summed E-state index contributed by atoms with van der Waals surface area (Å²) < 4.78 is 5.08. The van der Waals surface area contributed by atoms with Crippen LogP contribution in [0, 0.1) is 17.2 Å². The predicted octanol–water partition coefficient (Wildman–Crippen LogP) is 1.73. The second-order valence-electron chi connectivity index (χ2n) is 4.52. The Morgan fingerprint density at radius 2 is 2.53 bits per heavy atom. The maximum atomic E-state index is 11.8. The van der Waals surface area contributed by atoms with Crippen LogP contribution >= 0.6 is 0 Å². The second-order valence-corrected chi connectivity index (χ2v) is 4.52. The van der Waals surface area contributed by atoms with Gasteiger partial charge in [0.2, 0.25) is 0 Å². The number of nitriles is 1. The molecule has 0 aliphatic carbocycles. The fourth-order valence-electron chi connectivity index (χ4n) is 2.39. The highest BCUT2D eigenvalue weighted by Crippen LogP contribution is 2.25. The fraction of sp³-hybridized carbons (Fsp3) is 0.500. The first-order valence-electron chi connectivity index (χ1n) is 6.53. The van der Waals surface area contributed by atoms with E-state index in [1.54, 1.807) is 6.20 Å². The first-order chi connectivity index (χ1) is 9.26. The molecule has 1 aromatic rings. The number of carbonyl (C=O) groups excluding carboxylic acids is 1. The van der Waals surface area contributed by atoms with E-state index in [9.17, 15) is 4.79 Å². The third kappa shape index (κ3) is 3.02. The molecule has 2 rings (SSSR count). The highest BCUT2D eigenvalue weighted by atomic mass is 16.5. The Morgan fingerprint density at radius 1 is 1.68 bits per heavy atom. The molecule has 0 bridgehead atoms. The van der Waals surface area contributed by atoms with Crippen molar-refractivity contribution < 1.29 is 9.53 Å². The van der Waals surface area contributed by atoms with Crippen LogP contribution in [0.1, 0.15) is 25.5 Å². The Labute approximate surface area is 112 Å². The average molecular weight is 259 g/mol. The van der Waals surface area contributed by atoms with Crippen molar-refractivity contribution in [3.63, 3.8) is 0 Å². The summed E-state index contributed by atoms with van der Waals surface area (Å²) in [5.74, 6) is -0.255. The van der Waals surface area contributed by atoms with Crippen molar-refractivity contribution in [3.8, 4) is 6.07 Å². The van der Waals surface area contributed by atoms with E-state index >= 15 is 0 Å². The number of hydrogen-bond donors (Lipinski definition) is 0. The Hall–Kier alpha value is -2.09. The van der Waals surface area contributed by atoms with Gasteiger partial charge in [0.05, 0.1) is 18.2 Å². The van der Waals surface area contributed by atoms with Crippen LogP contribution in [-0.2, 0) is 9.53 Å². The van der Waals surface area contributed by atoms with Crippen LogP contribution in [0.5, 0.6) is 0 Å². The third-order valence-corrected chi connectivity index (χ3v) is 3.27. The lowest BCUT2D eigenvalue weighted by atomic mass is 9.97. The number of ether oxygens (including phenoxy) is 1. The van der Waals surface area contributed by atoms with Crippen molar-refractivity contribution in [2.75, 3.05) is 24.6 Å². The van der Waals surface area contributed by atoms with E-state index in [0.717, 1.165) is 25.1 Å². The molecule has 0 radical (unpaired) electrons. The van der Waals surface area contributed by atoms with Gasteiger partial charge in [-0.25, -0.2) is 4.98 Å². The number of esters is 1. The van der Waals surface area contributed by atoms with Gasteiger partial charge in [-0.15, -0.1) is 0 Å². The van der Waals surface area contributed by atoms with Crippen LogP contribution in [0.15, 0.2) is 18.3 Å². The lowest BCUT2D eigenvalue weighted by Gasteiger charge is -2.33. The molecular formula is C14H17N3O2. The van der Waals surface area contributed by atoms with Gasteiger partial charge in [0.1, 0.15) is 6.07 Å². The summed E-state index contributed by atoms with van der Waals surface area (Å²) in [7, 11) is 0. The number of nitrogens with zero attached hydrogens (tertiary/aromatic N) is 3. The van der Waals surface area contributed by atoms with Gasteiger partial charge >= 0.3 is 5.97 Å². The zero-order valence-corrected chi connectivity index (χ0v) is 11.0. The topological polar surface area (TPSA) is 66.2 Å². The van der Waals surface area contributed by atoms with Crippen LogP contribution in [0.4, 0.5) is 5.69 Å². The van der Waals surface area contributed by atoms with Crippen molar-refractivity contribution in [1.82, 2.24) is 4.98 Å².